The van der Waals surface area contributed by atoms with E-state index in [-0.39, 0.29) is 11.9 Å². The number of H-pyrrole nitrogens is 2. The molecule has 0 bridgehead atoms. The second kappa shape index (κ2) is 14.8. The number of rotatable bonds is 8. The predicted octanol–water partition coefficient (Wildman–Crippen LogP) is 9.63. The Kier molecular flexibility index (Phi) is 9.40. The van der Waals surface area contributed by atoms with Crippen LogP contribution in [0.3, 0.4) is 0 Å². The molecule has 9 rings (SSSR count). The Labute approximate surface area is 327 Å². The van der Waals surface area contributed by atoms with E-state index in [2.05, 4.69) is 49.9 Å². The van der Waals surface area contributed by atoms with Crippen LogP contribution < -0.4 is 0 Å². The van der Waals surface area contributed by atoms with E-state index < -0.39 is 0 Å². The Morgan fingerprint density at radius 1 is 0.800 bits per heavy atom. The van der Waals surface area contributed by atoms with Crippen LogP contribution in [0.25, 0.3) is 43.6 Å². The standard InChI is InChI=1S/C44H36Cl2N8O/c1-2-19-54(44(55)42-32-11-6-4-9-30(32)24-40(46)52-42)26-41-48-33-17-15-27(21-35(33)49-41)13-14-28-16-18-34-36(22-28)51-43(50-34)38-12-7-20-53(38)25-37-31-10-5-3-8-29(31)23-39(45)47-37/h3-6,8-11,15-18,21-24,38H,2,7,12,19-20,25-26H2,1H3,(H,48,49)(H,50,51). The zero-order valence-electron chi connectivity index (χ0n) is 30.1. The number of carbonyl (C=O) groups excluding carboxylic acids is 1. The van der Waals surface area contributed by atoms with E-state index in [4.69, 9.17) is 38.2 Å². The lowest BCUT2D eigenvalue weighted by molar-refractivity contribution is 0.0735. The molecule has 2 N–H and O–H groups in total. The smallest absolute Gasteiger partial charge is 0.273 e. The number of pyridine rings is 2. The van der Waals surface area contributed by atoms with Gasteiger partial charge >= 0.3 is 0 Å². The summed E-state index contributed by atoms with van der Waals surface area (Å²) < 4.78 is 0. The first kappa shape index (κ1) is 34.9. The maximum atomic E-state index is 13.8. The Morgan fingerprint density at radius 3 is 2.20 bits per heavy atom. The normalized spacial score (nSPS) is 14.6. The molecule has 1 saturated heterocycles. The van der Waals surface area contributed by atoms with E-state index in [0.717, 1.165) is 92.1 Å². The topological polar surface area (TPSA) is 107 Å². The highest BCUT2D eigenvalue weighted by atomic mass is 35.5. The van der Waals surface area contributed by atoms with E-state index in [1.165, 1.54) is 0 Å². The fourth-order valence-corrected chi connectivity index (χ4v) is 8.10. The largest absolute Gasteiger partial charge is 0.341 e. The molecule has 5 heterocycles. The first-order valence-electron chi connectivity index (χ1n) is 18.5. The SMILES string of the molecule is CCCN(Cc1nc2ccc(C#Cc3ccc4nc(C5CCCN5Cc5nc(Cl)cc6ccccc56)[nH]c4c3)cc2[nH]1)C(=O)c1nc(Cl)cc2ccccc12. The number of halogens is 2. The number of hydrogen-bond acceptors (Lipinski definition) is 6. The highest BCUT2D eigenvalue weighted by Crippen LogP contribution is 2.34. The van der Waals surface area contributed by atoms with Crippen molar-refractivity contribution in [1.82, 2.24) is 39.7 Å². The molecule has 55 heavy (non-hydrogen) atoms. The molecule has 1 atom stereocenters. The third-order valence-electron chi connectivity index (χ3n) is 10.2. The van der Waals surface area contributed by atoms with Gasteiger partial charge in [-0.3, -0.25) is 9.69 Å². The molecule has 4 aromatic heterocycles. The number of imidazole rings is 2. The summed E-state index contributed by atoms with van der Waals surface area (Å²) in [6, 6.07) is 31.8. The number of benzene rings is 4. The minimum atomic E-state index is -0.182. The minimum absolute atomic E-state index is 0.160. The summed E-state index contributed by atoms with van der Waals surface area (Å²) in [7, 11) is 0. The molecule has 4 aromatic carbocycles. The fourth-order valence-electron chi connectivity index (χ4n) is 7.68. The Balaban J connectivity index is 0.919. The van der Waals surface area contributed by atoms with Crippen molar-refractivity contribution in [2.75, 3.05) is 13.1 Å². The number of likely N-dealkylation sites (tertiary alicyclic amines) is 1. The molecule has 1 aliphatic rings. The van der Waals surface area contributed by atoms with Gasteiger partial charge in [-0.15, -0.1) is 0 Å². The van der Waals surface area contributed by atoms with Crippen LogP contribution in [0.1, 0.15) is 71.2 Å². The summed E-state index contributed by atoms with van der Waals surface area (Å²) in [5.74, 6) is 8.12. The molecule has 272 valence electrons. The molecule has 0 radical (unpaired) electrons. The first-order valence-corrected chi connectivity index (χ1v) is 19.3. The maximum absolute atomic E-state index is 13.8. The molecule has 0 saturated carbocycles. The molecule has 11 heteroatoms. The highest BCUT2D eigenvalue weighted by molar-refractivity contribution is 6.30. The summed E-state index contributed by atoms with van der Waals surface area (Å²) in [5, 5.41) is 4.68. The lowest BCUT2D eigenvalue weighted by Crippen LogP contribution is -2.32. The zero-order valence-corrected chi connectivity index (χ0v) is 31.6. The van der Waals surface area contributed by atoms with Gasteiger partial charge in [0, 0.05) is 35.0 Å². The number of hydrogen-bond donors (Lipinski definition) is 2. The molecule has 1 fully saturated rings. The van der Waals surface area contributed by atoms with Crippen molar-refractivity contribution >= 4 is 72.7 Å². The highest BCUT2D eigenvalue weighted by Gasteiger charge is 2.29. The van der Waals surface area contributed by atoms with E-state index in [9.17, 15) is 4.79 Å². The molecule has 9 nitrogen and oxygen atoms in total. The molecule has 0 aliphatic carbocycles. The predicted molar refractivity (Wildman–Crippen MR) is 219 cm³/mol. The average Bonchev–Trinajstić information content (AvgIpc) is 3.94. The van der Waals surface area contributed by atoms with E-state index in [1.807, 2.05) is 79.7 Å². The van der Waals surface area contributed by atoms with Crippen LogP contribution in [0, 0.1) is 11.8 Å². The van der Waals surface area contributed by atoms with Crippen LogP contribution in [0.15, 0.2) is 97.1 Å². The van der Waals surface area contributed by atoms with Crippen LogP contribution >= 0.6 is 23.2 Å². The Hall–Kier alpha value is -5.79. The van der Waals surface area contributed by atoms with Crippen molar-refractivity contribution in [2.24, 2.45) is 0 Å². The number of nitrogens with one attached hydrogen (secondary N) is 2. The van der Waals surface area contributed by atoms with E-state index in [0.29, 0.717) is 41.5 Å². The van der Waals surface area contributed by atoms with E-state index in [1.54, 1.807) is 11.0 Å². The van der Waals surface area contributed by atoms with Crippen molar-refractivity contribution in [3.8, 4) is 11.8 Å². The third-order valence-corrected chi connectivity index (χ3v) is 10.6. The molecule has 1 aliphatic heterocycles. The molecule has 8 aromatic rings. The second-order valence-electron chi connectivity index (χ2n) is 14.0. The summed E-state index contributed by atoms with van der Waals surface area (Å²) in [6.45, 7) is 4.58. The Morgan fingerprint density at radius 2 is 1.45 bits per heavy atom. The van der Waals surface area contributed by atoms with Crippen molar-refractivity contribution < 1.29 is 4.79 Å². The van der Waals surface area contributed by atoms with Crippen LogP contribution in [-0.4, -0.2) is 58.7 Å². The number of aromatic amines is 2. The summed E-state index contributed by atoms with van der Waals surface area (Å²) in [6.07, 6.45) is 2.90. The molecule has 1 unspecified atom stereocenters. The summed E-state index contributed by atoms with van der Waals surface area (Å²) in [4.78, 5) is 44.0. The molecular weight excluding hydrogens is 727 g/mol. The van der Waals surface area contributed by atoms with Crippen LogP contribution in [0.4, 0.5) is 0 Å². The number of nitrogens with zero attached hydrogens (tertiary/aromatic N) is 6. The maximum Gasteiger partial charge on any atom is 0.273 e. The number of fused-ring (bicyclic) bond motifs is 4. The van der Waals surface area contributed by atoms with Gasteiger partial charge in [0.2, 0.25) is 0 Å². The van der Waals surface area contributed by atoms with Gasteiger partial charge < -0.3 is 14.9 Å². The van der Waals surface area contributed by atoms with E-state index >= 15 is 0 Å². The molecular formula is C44H36Cl2N8O. The lowest BCUT2D eigenvalue weighted by atomic mass is 10.1. The van der Waals surface area contributed by atoms with Crippen LogP contribution in [0.2, 0.25) is 10.3 Å². The van der Waals surface area contributed by atoms with Crippen molar-refractivity contribution in [3.05, 3.63) is 142 Å². The van der Waals surface area contributed by atoms with Gasteiger partial charge in [0.15, 0.2) is 0 Å². The van der Waals surface area contributed by atoms with Crippen LogP contribution in [0.5, 0.6) is 0 Å². The zero-order chi connectivity index (χ0) is 37.5. The summed E-state index contributed by atoms with van der Waals surface area (Å²) >= 11 is 12.7. The van der Waals surface area contributed by atoms with Gasteiger partial charge in [0.25, 0.3) is 5.91 Å². The Bertz CT molecular complexity index is 2820. The van der Waals surface area contributed by atoms with Gasteiger partial charge in [-0.05, 0) is 85.1 Å². The average molecular weight is 764 g/mol. The summed E-state index contributed by atoms with van der Waals surface area (Å²) in [5.41, 5.74) is 6.61. The monoisotopic (exact) mass is 762 g/mol. The van der Waals surface area contributed by atoms with Crippen LogP contribution in [-0.2, 0) is 13.1 Å². The fraction of sp³-hybridized carbons (Fsp3) is 0.205. The van der Waals surface area contributed by atoms with Crippen molar-refractivity contribution in [3.63, 3.8) is 0 Å². The quantitative estimate of drug-likeness (QED) is 0.118. The second-order valence-corrected chi connectivity index (χ2v) is 14.8. The van der Waals surface area contributed by atoms with Gasteiger partial charge in [-0.25, -0.2) is 19.9 Å². The lowest BCUT2D eigenvalue weighted by Gasteiger charge is -2.23. The first-order chi connectivity index (χ1) is 26.9. The van der Waals surface area contributed by atoms with Gasteiger partial charge in [-0.1, -0.05) is 90.5 Å². The number of aromatic nitrogens is 6. The molecule has 1 amide bonds. The third kappa shape index (κ3) is 7.12. The minimum Gasteiger partial charge on any atom is -0.341 e. The number of carbonyl (C=O) groups is 1. The van der Waals surface area contributed by atoms with Crippen molar-refractivity contribution in [1.29, 1.82) is 0 Å². The van der Waals surface area contributed by atoms with Gasteiger partial charge in [0.1, 0.15) is 27.6 Å². The van der Waals surface area contributed by atoms with Gasteiger partial charge in [0.05, 0.1) is 40.3 Å². The van der Waals surface area contributed by atoms with Gasteiger partial charge in [-0.2, -0.15) is 0 Å². The number of amides is 1. The van der Waals surface area contributed by atoms with Crippen molar-refractivity contribution in [2.45, 2.75) is 45.3 Å². The molecule has 0 spiro atoms.